The van der Waals surface area contributed by atoms with Crippen LogP contribution in [0.5, 0.6) is 0 Å². The molecule has 0 atom stereocenters. The second-order valence-corrected chi connectivity index (χ2v) is 4.50. The first-order valence-corrected chi connectivity index (χ1v) is 6.30. The van der Waals surface area contributed by atoms with E-state index in [9.17, 15) is 10.1 Å². The number of hydrogen-bond donors (Lipinski definition) is 0. The molecule has 0 aliphatic carbocycles. The van der Waals surface area contributed by atoms with Crippen molar-refractivity contribution >= 4 is 5.97 Å². The van der Waals surface area contributed by atoms with Crippen LogP contribution in [0.25, 0.3) is 5.69 Å². The van der Waals surface area contributed by atoms with E-state index in [1.807, 2.05) is 38.1 Å². The van der Waals surface area contributed by atoms with Crippen LogP contribution < -0.4 is 0 Å². The molecule has 0 saturated carbocycles. The normalized spacial score (nSPS) is 10.1. The summed E-state index contributed by atoms with van der Waals surface area (Å²) in [4.78, 5) is 11.8. The lowest BCUT2D eigenvalue weighted by Crippen LogP contribution is -2.07. The minimum Gasteiger partial charge on any atom is -0.462 e. The van der Waals surface area contributed by atoms with Crippen molar-refractivity contribution in [3.63, 3.8) is 0 Å². The molecule has 1 aromatic carbocycles. The maximum atomic E-state index is 11.8. The van der Waals surface area contributed by atoms with Crippen molar-refractivity contribution in [2.75, 3.05) is 6.61 Å². The van der Waals surface area contributed by atoms with Crippen LogP contribution in [-0.2, 0) is 4.74 Å². The Balaban J connectivity index is 2.53. The topological polar surface area (TPSA) is 67.9 Å². The third kappa shape index (κ3) is 2.54. The Labute approximate surface area is 117 Å². The van der Waals surface area contributed by atoms with Crippen LogP contribution in [0.2, 0.25) is 0 Å². The summed E-state index contributed by atoms with van der Waals surface area (Å²) < 4.78 is 6.39. The summed E-state index contributed by atoms with van der Waals surface area (Å²) in [6.07, 6.45) is 1.37. The first-order chi connectivity index (χ1) is 9.56. The molecule has 20 heavy (non-hydrogen) atoms. The molecule has 1 aromatic heterocycles. The minimum absolute atomic E-state index is 0.188. The van der Waals surface area contributed by atoms with E-state index < -0.39 is 5.97 Å². The zero-order chi connectivity index (χ0) is 14.7. The Kier molecular flexibility index (Phi) is 3.85. The van der Waals surface area contributed by atoms with Gasteiger partial charge in [0.05, 0.1) is 18.5 Å². The van der Waals surface area contributed by atoms with E-state index >= 15 is 0 Å². The van der Waals surface area contributed by atoms with Crippen molar-refractivity contribution in [1.29, 1.82) is 5.26 Å². The first-order valence-electron chi connectivity index (χ1n) is 6.30. The van der Waals surface area contributed by atoms with Gasteiger partial charge >= 0.3 is 5.97 Å². The van der Waals surface area contributed by atoms with E-state index in [-0.39, 0.29) is 17.9 Å². The molecule has 102 valence electrons. The molecule has 0 aliphatic heterocycles. The number of aromatic nitrogens is 2. The zero-order valence-corrected chi connectivity index (χ0v) is 11.7. The Morgan fingerprint density at radius 3 is 2.55 bits per heavy atom. The van der Waals surface area contributed by atoms with Crippen LogP contribution in [0.1, 0.15) is 34.1 Å². The molecule has 0 saturated heterocycles. The number of aryl methyl sites for hydroxylation is 2. The fourth-order valence-corrected chi connectivity index (χ4v) is 2.08. The van der Waals surface area contributed by atoms with Crippen LogP contribution in [0.4, 0.5) is 0 Å². The van der Waals surface area contributed by atoms with Crippen molar-refractivity contribution in [2.45, 2.75) is 20.8 Å². The van der Waals surface area contributed by atoms with Gasteiger partial charge in [0.1, 0.15) is 11.6 Å². The van der Waals surface area contributed by atoms with Gasteiger partial charge in [-0.15, -0.1) is 0 Å². The minimum atomic E-state index is -0.528. The lowest BCUT2D eigenvalue weighted by Gasteiger charge is -2.06. The van der Waals surface area contributed by atoms with E-state index in [1.165, 1.54) is 10.9 Å². The number of nitriles is 1. The van der Waals surface area contributed by atoms with Gasteiger partial charge in [0.2, 0.25) is 0 Å². The van der Waals surface area contributed by atoms with Gasteiger partial charge in [-0.05, 0) is 44.0 Å². The molecule has 0 bridgehead atoms. The molecule has 5 heteroatoms. The number of carbonyl (C=O) groups is 1. The average Bonchev–Trinajstić information content (AvgIpc) is 2.81. The van der Waals surface area contributed by atoms with Crippen molar-refractivity contribution in [1.82, 2.24) is 9.78 Å². The van der Waals surface area contributed by atoms with E-state index in [0.29, 0.717) is 0 Å². The van der Waals surface area contributed by atoms with Crippen LogP contribution in [0.15, 0.2) is 24.4 Å². The number of ether oxygens (including phenoxy) is 1. The number of nitrogens with zero attached hydrogens (tertiary/aromatic N) is 3. The second-order valence-electron chi connectivity index (χ2n) is 4.50. The summed E-state index contributed by atoms with van der Waals surface area (Å²) in [5, 5.41) is 13.4. The smallest absolute Gasteiger partial charge is 0.342 e. The summed E-state index contributed by atoms with van der Waals surface area (Å²) in [6.45, 7) is 5.92. The quantitative estimate of drug-likeness (QED) is 0.803. The predicted octanol–water partition coefficient (Wildman–Crippen LogP) is 2.54. The zero-order valence-electron chi connectivity index (χ0n) is 11.7. The molecular weight excluding hydrogens is 254 g/mol. The van der Waals surface area contributed by atoms with E-state index in [2.05, 4.69) is 5.10 Å². The Bertz CT molecular complexity index is 675. The molecular formula is C15H15N3O2. The summed E-state index contributed by atoms with van der Waals surface area (Å²) in [5.41, 5.74) is 3.27. The molecule has 0 unspecified atom stereocenters. The van der Waals surface area contributed by atoms with Gasteiger partial charge in [-0.3, -0.25) is 0 Å². The van der Waals surface area contributed by atoms with Crippen LogP contribution in [0.3, 0.4) is 0 Å². The average molecular weight is 269 g/mol. The maximum Gasteiger partial charge on any atom is 0.342 e. The van der Waals surface area contributed by atoms with Gasteiger partial charge in [0.25, 0.3) is 0 Å². The van der Waals surface area contributed by atoms with Crippen molar-refractivity contribution in [3.05, 3.63) is 46.8 Å². The van der Waals surface area contributed by atoms with Gasteiger partial charge in [-0.2, -0.15) is 10.4 Å². The molecule has 0 fully saturated rings. The van der Waals surface area contributed by atoms with Gasteiger partial charge < -0.3 is 4.74 Å². The molecule has 1 heterocycles. The number of carbonyl (C=O) groups excluding carboxylic acids is 1. The van der Waals surface area contributed by atoms with Crippen molar-refractivity contribution in [3.8, 4) is 11.8 Å². The third-order valence-corrected chi connectivity index (χ3v) is 2.82. The molecule has 0 N–H and O–H groups in total. The SMILES string of the molecule is CCOC(=O)c1cnn(-c2cc(C)cc(C)c2)c1C#N. The summed E-state index contributed by atoms with van der Waals surface area (Å²) >= 11 is 0. The van der Waals surface area contributed by atoms with Crippen molar-refractivity contribution < 1.29 is 9.53 Å². The highest BCUT2D eigenvalue weighted by molar-refractivity contribution is 5.91. The van der Waals surface area contributed by atoms with E-state index in [1.54, 1.807) is 6.92 Å². The van der Waals surface area contributed by atoms with Crippen LogP contribution in [0, 0.1) is 25.2 Å². The lowest BCUT2D eigenvalue weighted by molar-refractivity contribution is 0.0526. The molecule has 2 rings (SSSR count). The number of benzene rings is 1. The monoisotopic (exact) mass is 269 g/mol. The first kappa shape index (κ1) is 13.8. The maximum absolute atomic E-state index is 11.8. The molecule has 0 aliphatic rings. The van der Waals surface area contributed by atoms with Gasteiger partial charge in [-0.25, -0.2) is 9.48 Å². The standard InChI is InChI=1S/C15H15N3O2/c1-4-20-15(19)13-9-17-18(14(13)8-16)12-6-10(2)5-11(3)7-12/h5-7,9H,4H2,1-3H3. The number of rotatable bonds is 3. The molecule has 0 amide bonds. The predicted molar refractivity (Wildman–Crippen MR) is 73.7 cm³/mol. The summed E-state index contributed by atoms with van der Waals surface area (Å²) in [7, 11) is 0. The molecule has 2 aromatic rings. The largest absolute Gasteiger partial charge is 0.462 e. The molecule has 0 radical (unpaired) electrons. The number of hydrogen-bond acceptors (Lipinski definition) is 4. The van der Waals surface area contributed by atoms with E-state index in [4.69, 9.17) is 4.74 Å². The van der Waals surface area contributed by atoms with Crippen LogP contribution >= 0.6 is 0 Å². The Morgan fingerprint density at radius 2 is 2.00 bits per heavy atom. The fourth-order valence-electron chi connectivity index (χ4n) is 2.08. The van der Waals surface area contributed by atoms with Crippen LogP contribution in [-0.4, -0.2) is 22.4 Å². The highest BCUT2D eigenvalue weighted by atomic mass is 16.5. The van der Waals surface area contributed by atoms with Gasteiger partial charge in [0.15, 0.2) is 5.69 Å². The second kappa shape index (κ2) is 5.57. The highest BCUT2D eigenvalue weighted by Crippen LogP contribution is 2.18. The lowest BCUT2D eigenvalue weighted by atomic mass is 10.1. The molecule has 5 nitrogen and oxygen atoms in total. The van der Waals surface area contributed by atoms with E-state index in [0.717, 1.165) is 16.8 Å². The Hall–Kier alpha value is -2.61. The molecule has 0 spiro atoms. The number of esters is 1. The third-order valence-electron chi connectivity index (χ3n) is 2.82. The fraction of sp³-hybridized carbons (Fsp3) is 0.267. The van der Waals surface area contributed by atoms with Gasteiger partial charge in [-0.1, -0.05) is 6.07 Å². The summed E-state index contributed by atoms with van der Waals surface area (Å²) in [6, 6.07) is 7.88. The highest BCUT2D eigenvalue weighted by Gasteiger charge is 2.19. The Morgan fingerprint density at radius 1 is 1.35 bits per heavy atom. The van der Waals surface area contributed by atoms with Gasteiger partial charge in [0, 0.05) is 0 Å². The summed E-state index contributed by atoms with van der Waals surface area (Å²) in [5.74, 6) is -0.528. The van der Waals surface area contributed by atoms with Crippen molar-refractivity contribution in [2.24, 2.45) is 0 Å².